The largest absolute Gasteiger partial charge is 0.378 e. The molecule has 0 bridgehead atoms. The zero-order chi connectivity index (χ0) is 12.1. The molecule has 2 heterocycles. The molecule has 96 valence electrons. The normalized spacial score (nSPS) is 21.9. The summed E-state index contributed by atoms with van der Waals surface area (Å²) in [7, 11) is 2.05. The molecule has 0 aromatic carbocycles. The van der Waals surface area contributed by atoms with Gasteiger partial charge in [-0.1, -0.05) is 0 Å². The van der Waals surface area contributed by atoms with Crippen molar-refractivity contribution in [2.75, 3.05) is 13.7 Å². The first-order valence-electron chi connectivity index (χ1n) is 6.32. The molecule has 0 spiro atoms. The second-order valence-electron chi connectivity index (χ2n) is 4.57. The first-order valence-corrected chi connectivity index (χ1v) is 7.99. The quantitative estimate of drug-likeness (QED) is 0.852. The summed E-state index contributed by atoms with van der Waals surface area (Å²) in [5.41, 5.74) is 0. The number of hydrogen-bond donors (Lipinski definition) is 1. The molecule has 1 aliphatic heterocycles. The van der Waals surface area contributed by atoms with Crippen LogP contribution in [0.4, 0.5) is 0 Å². The minimum absolute atomic E-state index is 0.493. The van der Waals surface area contributed by atoms with Crippen LogP contribution in [0.2, 0.25) is 0 Å². The van der Waals surface area contributed by atoms with Crippen molar-refractivity contribution >= 4 is 27.3 Å². The minimum atomic E-state index is 0.493. The molecule has 0 amide bonds. The average Bonchev–Trinajstić information content (AvgIpc) is 2.96. The number of rotatable bonds is 6. The summed E-state index contributed by atoms with van der Waals surface area (Å²) in [6.45, 7) is 0.970. The fourth-order valence-electron chi connectivity index (χ4n) is 2.36. The van der Waals surface area contributed by atoms with E-state index < -0.39 is 0 Å². The SMILES string of the molecule is CNC(CCCC1CCCO1)c1cc(Br)cs1. The van der Waals surface area contributed by atoms with Crippen LogP contribution in [0.1, 0.15) is 43.0 Å². The molecule has 1 fully saturated rings. The van der Waals surface area contributed by atoms with Crippen LogP contribution in [0.3, 0.4) is 0 Å². The number of halogens is 1. The van der Waals surface area contributed by atoms with Crippen LogP contribution in [0.15, 0.2) is 15.9 Å². The zero-order valence-electron chi connectivity index (χ0n) is 10.2. The Morgan fingerprint density at radius 1 is 1.65 bits per heavy atom. The van der Waals surface area contributed by atoms with E-state index in [1.807, 2.05) is 18.4 Å². The van der Waals surface area contributed by atoms with Crippen LogP contribution in [0, 0.1) is 0 Å². The summed E-state index contributed by atoms with van der Waals surface area (Å²) in [5, 5.41) is 5.56. The summed E-state index contributed by atoms with van der Waals surface area (Å²) in [6, 6.07) is 2.71. The van der Waals surface area contributed by atoms with E-state index in [4.69, 9.17) is 4.74 Å². The van der Waals surface area contributed by atoms with Crippen molar-refractivity contribution in [1.82, 2.24) is 5.32 Å². The maximum absolute atomic E-state index is 5.65. The van der Waals surface area contributed by atoms with Gasteiger partial charge in [-0.3, -0.25) is 0 Å². The van der Waals surface area contributed by atoms with Gasteiger partial charge in [0.05, 0.1) is 6.10 Å². The van der Waals surface area contributed by atoms with E-state index in [2.05, 4.69) is 32.7 Å². The van der Waals surface area contributed by atoms with E-state index in [1.54, 1.807) is 0 Å². The second-order valence-corrected chi connectivity index (χ2v) is 6.43. The second kappa shape index (κ2) is 6.88. The molecular formula is C13H20BrNOS. The summed E-state index contributed by atoms with van der Waals surface area (Å²) < 4.78 is 6.84. The van der Waals surface area contributed by atoms with Crippen molar-refractivity contribution in [3.05, 3.63) is 20.8 Å². The van der Waals surface area contributed by atoms with Crippen LogP contribution >= 0.6 is 27.3 Å². The lowest BCUT2D eigenvalue weighted by Gasteiger charge is -2.15. The third kappa shape index (κ3) is 4.05. The molecule has 4 heteroatoms. The lowest BCUT2D eigenvalue weighted by molar-refractivity contribution is 0.101. The van der Waals surface area contributed by atoms with Crippen molar-refractivity contribution in [2.45, 2.75) is 44.2 Å². The van der Waals surface area contributed by atoms with Crippen LogP contribution < -0.4 is 5.32 Å². The lowest BCUT2D eigenvalue weighted by Crippen LogP contribution is -2.16. The molecule has 0 saturated carbocycles. The maximum Gasteiger partial charge on any atom is 0.0576 e. The van der Waals surface area contributed by atoms with Crippen LogP contribution in [-0.2, 0) is 4.74 Å². The number of thiophene rings is 1. The Kier molecular flexibility index (Phi) is 5.48. The molecule has 1 N–H and O–H groups in total. The summed E-state index contributed by atoms with van der Waals surface area (Å²) in [4.78, 5) is 1.42. The third-order valence-electron chi connectivity index (χ3n) is 3.32. The summed E-state index contributed by atoms with van der Waals surface area (Å²) in [5.74, 6) is 0. The van der Waals surface area contributed by atoms with Crippen LogP contribution in [0.25, 0.3) is 0 Å². The summed E-state index contributed by atoms with van der Waals surface area (Å²) in [6.07, 6.45) is 6.69. The van der Waals surface area contributed by atoms with Gasteiger partial charge in [-0.15, -0.1) is 11.3 Å². The minimum Gasteiger partial charge on any atom is -0.378 e. The monoisotopic (exact) mass is 317 g/mol. The molecule has 0 aliphatic carbocycles. The highest BCUT2D eigenvalue weighted by molar-refractivity contribution is 9.10. The molecule has 1 aromatic rings. The number of hydrogen-bond acceptors (Lipinski definition) is 3. The van der Waals surface area contributed by atoms with Crippen LogP contribution in [0.5, 0.6) is 0 Å². The Hall–Kier alpha value is 0.1000. The topological polar surface area (TPSA) is 21.3 Å². The molecular weight excluding hydrogens is 298 g/mol. The first kappa shape index (κ1) is 13.5. The van der Waals surface area contributed by atoms with Gasteiger partial charge in [0, 0.05) is 27.4 Å². The Morgan fingerprint density at radius 2 is 2.53 bits per heavy atom. The van der Waals surface area contributed by atoms with E-state index in [9.17, 15) is 0 Å². The van der Waals surface area contributed by atoms with Crippen molar-refractivity contribution in [3.8, 4) is 0 Å². The van der Waals surface area contributed by atoms with Gasteiger partial charge >= 0.3 is 0 Å². The molecule has 2 nitrogen and oxygen atoms in total. The molecule has 2 rings (SSSR count). The molecule has 17 heavy (non-hydrogen) atoms. The van der Waals surface area contributed by atoms with E-state index in [0.717, 1.165) is 6.61 Å². The predicted molar refractivity (Wildman–Crippen MR) is 76.6 cm³/mol. The zero-order valence-corrected chi connectivity index (χ0v) is 12.6. The van der Waals surface area contributed by atoms with E-state index in [-0.39, 0.29) is 0 Å². The Morgan fingerprint density at radius 3 is 3.12 bits per heavy atom. The Balaban J connectivity index is 1.75. The van der Waals surface area contributed by atoms with Gasteiger partial charge in [-0.05, 0) is 61.1 Å². The molecule has 2 atom stereocenters. The highest BCUT2D eigenvalue weighted by atomic mass is 79.9. The first-order chi connectivity index (χ1) is 8.29. The highest BCUT2D eigenvalue weighted by Crippen LogP contribution is 2.29. The predicted octanol–water partition coefficient (Wildman–Crippen LogP) is 4.12. The van der Waals surface area contributed by atoms with Gasteiger partial charge < -0.3 is 10.1 Å². The summed E-state index contributed by atoms with van der Waals surface area (Å²) >= 11 is 5.34. The van der Waals surface area contributed by atoms with Crippen molar-refractivity contribution < 1.29 is 4.74 Å². The molecule has 2 unspecified atom stereocenters. The third-order valence-corrected chi connectivity index (χ3v) is 5.13. The van der Waals surface area contributed by atoms with Gasteiger partial charge in [-0.2, -0.15) is 0 Å². The van der Waals surface area contributed by atoms with Crippen molar-refractivity contribution in [1.29, 1.82) is 0 Å². The van der Waals surface area contributed by atoms with Gasteiger partial charge in [0.2, 0.25) is 0 Å². The number of ether oxygens (including phenoxy) is 1. The van der Waals surface area contributed by atoms with Gasteiger partial charge in [-0.25, -0.2) is 0 Å². The molecule has 1 saturated heterocycles. The van der Waals surface area contributed by atoms with Crippen LogP contribution in [-0.4, -0.2) is 19.8 Å². The van der Waals surface area contributed by atoms with E-state index >= 15 is 0 Å². The maximum atomic E-state index is 5.65. The van der Waals surface area contributed by atoms with Gasteiger partial charge in [0.25, 0.3) is 0 Å². The Labute approximate surface area is 116 Å². The van der Waals surface area contributed by atoms with Crippen molar-refractivity contribution in [3.63, 3.8) is 0 Å². The lowest BCUT2D eigenvalue weighted by atomic mass is 10.0. The van der Waals surface area contributed by atoms with Gasteiger partial charge in [0.15, 0.2) is 0 Å². The number of nitrogens with one attached hydrogen (secondary N) is 1. The van der Waals surface area contributed by atoms with Crippen molar-refractivity contribution in [2.24, 2.45) is 0 Å². The van der Waals surface area contributed by atoms with E-state index in [1.165, 1.54) is 41.5 Å². The fourth-order valence-corrected chi connectivity index (χ4v) is 3.95. The van der Waals surface area contributed by atoms with E-state index in [0.29, 0.717) is 12.1 Å². The standard InChI is InChI=1S/C13H20BrNOS/c1-15-12(13-8-10(14)9-17-13)6-2-4-11-5-3-7-16-11/h8-9,11-12,15H,2-7H2,1H3. The smallest absolute Gasteiger partial charge is 0.0576 e. The molecule has 0 radical (unpaired) electrons. The molecule has 1 aromatic heterocycles. The van der Waals surface area contributed by atoms with Gasteiger partial charge in [0.1, 0.15) is 0 Å². The Bertz CT molecular complexity index is 336. The average molecular weight is 318 g/mol. The fraction of sp³-hybridized carbons (Fsp3) is 0.692. The molecule has 1 aliphatic rings. The highest BCUT2D eigenvalue weighted by Gasteiger charge is 2.17.